The molecule has 0 aliphatic heterocycles. The maximum Gasteiger partial charge on any atom is 0.306 e. The third kappa shape index (κ3) is 18.9. The zero-order chi connectivity index (χ0) is 24.6. The lowest BCUT2D eigenvalue weighted by molar-refractivity contribution is -0.918. The molecular weight excluding hydrogens is 410 g/mol. The summed E-state index contributed by atoms with van der Waals surface area (Å²) in [7, 11) is 0. The molecule has 4 nitrogen and oxygen atoms in total. The van der Waals surface area contributed by atoms with E-state index in [-0.39, 0.29) is 18.2 Å². The number of rotatable bonds is 25. The monoisotopic (exact) mass is 466 g/mol. The van der Waals surface area contributed by atoms with Gasteiger partial charge in [-0.05, 0) is 26.3 Å². The van der Waals surface area contributed by atoms with Gasteiger partial charge in [0, 0.05) is 6.42 Å². The Balaban J connectivity index is 3.53. The van der Waals surface area contributed by atoms with Crippen LogP contribution in [0.15, 0.2) is 12.7 Å². The largest absolute Gasteiger partial charge is 0.466 e. The van der Waals surface area contributed by atoms with Crippen LogP contribution in [0, 0.1) is 0 Å². The van der Waals surface area contributed by atoms with Gasteiger partial charge in [0.2, 0.25) is 0 Å². The SMILES string of the molecule is C=CC[N+](CC)(CC)CCC(=O)CCC(=O)OCCCCCCCCCCCCCCCC. The number of carbonyl (C=O) groups excluding carboxylic acids is 2. The van der Waals surface area contributed by atoms with Crippen LogP contribution in [0.3, 0.4) is 0 Å². The molecule has 0 heterocycles. The lowest BCUT2D eigenvalue weighted by atomic mass is 10.0. The molecule has 0 aliphatic rings. The third-order valence-electron chi connectivity index (χ3n) is 7.09. The van der Waals surface area contributed by atoms with Crippen molar-refractivity contribution in [3.8, 4) is 0 Å². The van der Waals surface area contributed by atoms with Gasteiger partial charge in [-0.2, -0.15) is 0 Å². The van der Waals surface area contributed by atoms with Crippen molar-refractivity contribution in [2.45, 2.75) is 130 Å². The topological polar surface area (TPSA) is 43.4 Å². The van der Waals surface area contributed by atoms with Crippen LogP contribution in [0.25, 0.3) is 0 Å². The van der Waals surface area contributed by atoms with Crippen molar-refractivity contribution in [3.05, 3.63) is 12.7 Å². The van der Waals surface area contributed by atoms with Gasteiger partial charge in [0.25, 0.3) is 0 Å². The average molecular weight is 467 g/mol. The summed E-state index contributed by atoms with van der Waals surface area (Å²) in [5.41, 5.74) is 0. The van der Waals surface area contributed by atoms with Crippen LogP contribution in [0.5, 0.6) is 0 Å². The summed E-state index contributed by atoms with van der Waals surface area (Å²) < 4.78 is 6.21. The fourth-order valence-electron chi connectivity index (χ4n) is 4.45. The molecule has 0 aromatic rings. The van der Waals surface area contributed by atoms with E-state index in [1.54, 1.807) is 0 Å². The average Bonchev–Trinajstić information content (AvgIpc) is 2.83. The van der Waals surface area contributed by atoms with Crippen molar-refractivity contribution in [1.82, 2.24) is 0 Å². The molecule has 0 N–H and O–H groups in total. The Morgan fingerprint density at radius 1 is 0.697 bits per heavy atom. The van der Waals surface area contributed by atoms with Crippen molar-refractivity contribution in [2.24, 2.45) is 0 Å². The lowest BCUT2D eigenvalue weighted by Crippen LogP contribution is -2.49. The fourth-order valence-corrected chi connectivity index (χ4v) is 4.45. The summed E-state index contributed by atoms with van der Waals surface area (Å²) in [4.78, 5) is 24.1. The molecule has 0 radical (unpaired) electrons. The van der Waals surface area contributed by atoms with Gasteiger partial charge in [-0.3, -0.25) is 9.59 Å². The van der Waals surface area contributed by atoms with Crippen LogP contribution < -0.4 is 0 Å². The maximum absolute atomic E-state index is 12.2. The first-order valence-electron chi connectivity index (χ1n) is 14.2. The molecule has 0 saturated heterocycles. The molecule has 194 valence electrons. The van der Waals surface area contributed by atoms with E-state index in [9.17, 15) is 9.59 Å². The quantitative estimate of drug-likeness (QED) is 0.0596. The van der Waals surface area contributed by atoms with Crippen LogP contribution in [-0.4, -0.2) is 49.0 Å². The number of hydrogen-bond acceptors (Lipinski definition) is 3. The molecule has 0 aromatic carbocycles. The molecule has 0 aromatic heterocycles. The van der Waals surface area contributed by atoms with Gasteiger partial charge in [-0.15, -0.1) is 0 Å². The molecule has 0 saturated carbocycles. The van der Waals surface area contributed by atoms with Crippen LogP contribution in [0.1, 0.15) is 130 Å². The first-order chi connectivity index (χ1) is 16.0. The molecule has 0 amide bonds. The normalized spacial score (nSPS) is 11.5. The predicted octanol–water partition coefficient (Wildman–Crippen LogP) is 7.79. The van der Waals surface area contributed by atoms with Gasteiger partial charge in [-0.1, -0.05) is 97.0 Å². The number of Topliss-reactive ketones (excluding diaryl/α,β-unsaturated/α-hetero) is 1. The summed E-state index contributed by atoms with van der Waals surface area (Å²) in [6, 6.07) is 0. The molecule has 0 fully saturated rings. The van der Waals surface area contributed by atoms with E-state index in [0.29, 0.717) is 19.4 Å². The minimum Gasteiger partial charge on any atom is -0.466 e. The summed E-state index contributed by atoms with van der Waals surface area (Å²) in [5.74, 6) is -0.0622. The van der Waals surface area contributed by atoms with E-state index in [1.165, 1.54) is 77.0 Å². The zero-order valence-electron chi connectivity index (χ0n) is 22.5. The molecule has 0 rings (SSSR count). The Labute approximate surface area is 206 Å². The summed E-state index contributed by atoms with van der Waals surface area (Å²) in [6.07, 6.45) is 21.4. The number of ether oxygens (including phenoxy) is 1. The van der Waals surface area contributed by atoms with Gasteiger partial charge < -0.3 is 9.22 Å². The second kappa shape index (κ2) is 22.6. The second-order valence-electron chi connectivity index (χ2n) is 9.77. The van der Waals surface area contributed by atoms with E-state index in [1.807, 2.05) is 6.08 Å². The van der Waals surface area contributed by atoms with E-state index < -0.39 is 0 Å². The smallest absolute Gasteiger partial charge is 0.306 e. The van der Waals surface area contributed by atoms with Gasteiger partial charge in [0.15, 0.2) is 0 Å². The highest BCUT2D eigenvalue weighted by molar-refractivity contribution is 5.82. The molecule has 0 atom stereocenters. The van der Waals surface area contributed by atoms with Gasteiger partial charge in [0.1, 0.15) is 5.78 Å². The number of esters is 1. The molecule has 0 unspecified atom stereocenters. The Bertz CT molecular complexity index is 485. The number of nitrogens with zero attached hydrogens (tertiary/aromatic N) is 1. The van der Waals surface area contributed by atoms with Crippen LogP contribution in [0.2, 0.25) is 0 Å². The van der Waals surface area contributed by atoms with Gasteiger partial charge in [-0.25, -0.2) is 0 Å². The van der Waals surface area contributed by atoms with Crippen molar-refractivity contribution in [2.75, 3.05) is 32.8 Å². The fraction of sp³-hybridized carbons (Fsp3) is 0.862. The summed E-state index contributed by atoms with van der Waals surface area (Å²) in [6.45, 7) is 14.6. The van der Waals surface area contributed by atoms with Crippen molar-refractivity contribution in [1.29, 1.82) is 0 Å². The number of unbranched alkanes of at least 4 members (excludes halogenated alkanes) is 13. The van der Waals surface area contributed by atoms with Crippen LogP contribution in [0.4, 0.5) is 0 Å². The van der Waals surface area contributed by atoms with E-state index in [4.69, 9.17) is 4.74 Å². The second-order valence-corrected chi connectivity index (χ2v) is 9.77. The Kier molecular flexibility index (Phi) is 21.8. The van der Waals surface area contributed by atoms with E-state index >= 15 is 0 Å². The summed E-state index contributed by atoms with van der Waals surface area (Å²) >= 11 is 0. The molecule has 0 aliphatic carbocycles. The van der Waals surface area contributed by atoms with Gasteiger partial charge >= 0.3 is 5.97 Å². The standard InChI is InChI=1S/C29H56NO3/c1-5-9-10-11-12-13-14-15-16-17-18-19-20-21-27-33-29(32)23-22-28(31)24-26-30(7-3,8-4)25-6-2/h6H,2,5,7-27H2,1,3-4H3/q+1. The number of ketones is 1. The first-order valence-corrected chi connectivity index (χ1v) is 14.2. The molecule has 4 heteroatoms. The minimum atomic E-state index is -0.226. The summed E-state index contributed by atoms with van der Waals surface area (Å²) in [5, 5.41) is 0. The highest BCUT2D eigenvalue weighted by Crippen LogP contribution is 2.13. The minimum absolute atomic E-state index is 0.164. The van der Waals surface area contributed by atoms with Crippen LogP contribution >= 0.6 is 0 Å². The van der Waals surface area contributed by atoms with Gasteiger partial charge in [0.05, 0.1) is 45.6 Å². The highest BCUT2D eigenvalue weighted by atomic mass is 16.5. The Morgan fingerprint density at radius 2 is 1.18 bits per heavy atom. The van der Waals surface area contributed by atoms with E-state index in [2.05, 4.69) is 27.4 Å². The van der Waals surface area contributed by atoms with Crippen molar-refractivity contribution < 1.29 is 18.8 Å². The first kappa shape index (κ1) is 31.8. The highest BCUT2D eigenvalue weighted by Gasteiger charge is 2.22. The van der Waals surface area contributed by atoms with E-state index in [0.717, 1.165) is 43.5 Å². The molecule has 33 heavy (non-hydrogen) atoms. The Hall–Kier alpha value is -1.16. The number of quaternary nitrogens is 1. The predicted molar refractivity (Wildman–Crippen MR) is 141 cm³/mol. The number of likely N-dealkylation sites (N-methyl/N-ethyl adjacent to an activating group) is 1. The lowest BCUT2D eigenvalue weighted by Gasteiger charge is -2.35. The number of hydrogen-bond donors (Lipinski definition) is 0. The molecule has 0 spiro atoms. The third-order valence-corrected chi connectivity index (χ3v) is 7.09. The van der Waals surface area contributed by atoms with Crippen molar-refractivity contribution in [3.63, 3.8) is 0 Å². The Morgan fingerprint density at radius 3 is 1.64 bits per heavy atom. The van der Waals surface area contributed by atoms with Crippen molar-refractivity contribution >= 4 is 11.8 Å². The zero-order valence-corrected chi connectivity index (χ0v) is 22.5. The van der Waals surface area contributed by atoms with Crippen LogP contribution in [-0.2, 0) is 14.3 Å². The number of carbonyl (C=O) groups is 2. The maximum atomic E-state index is 12.2. The molecule has 0 bridgehead atoms. The molecular formula is C29H56NO3+.